The molecule has 102 valence electrons. The summed E-state index contributed by atoms with van der Waals surface area (Å²) < 4.78 is 7.39. The molecular weight excluding hydrogens is 316 g/mol. The normalized spacial score (nSPS) is 14.3. The highest BCUT2D eigenvalue weighted by Gasteiger charge is 2.33. The van der Waals surface area contributed by atoms with E-state index in [1.807, 2.05) is 6.92 Å². The van der Waals surface area contributed by atoms with Crippen LogP contribution in [0.5, 0.6) is 0 Å². The quantitative estimate of drug-likeness (QED) is 0.904. The number of hydrogen-bond acceptors (Lipinski definition) is 5. The minimum Gasteiger partial charge on any atom is -0.481 e. The van der Waals surface area contributed by atoms with E-state index in [9.17, 15) is 9.90 Å². The van der Waals surface area contributed by atoms with Crippen molar-refractivity contribution in [3.8, 4) is 11.6 Å². The molecule has 2 aromatic rings. The lowest BCUT2D eigenvalue weighted by atomic mass is 9.88. The van der Waals surface area contributed by atoms with Gasteiger partial charge in [-0.2, -0.15) is 0 Å². The van der Waals surface area contributed by atoms with Crippen LogP contribution in [0.2, 0.25) is 0 Å². The van der Waals surface area contributed by atoms with E-state index < -0.39 is 11.4 Å². The smallest absolute Gasteiger partial charge is 0.311 e. The Bertz CT molecular complexity index is 594. The minimum atomic E-state index is -0.923. The molecule has 0 aliphatic carbocycles. The van der Waals surface area contributed by atoms with Crippen molar-refractivity contribution in [1.29, 1.82) is 0 Å². The van der Waals surface area contributed by atoms with Crippen LogP contribution in [0.1, 0.15) is 20.3 Å². The lowest BCUT2D eigenvalue weighted by Gasteiger charge is -2.22. The molecule has 7 nitrogen and oxygen atoms in total. The number of furan rings is 1. The average Bonchev–Trinajstić information content (AvgIpc) is 2.97. The van der Waals surface area contributed by atoms with Crippen LogP contribution in [-0.4, -0.2) is 31.3 Å². The number of halogens is 1. The molecule has 2 rings (SSSR count). The zero-order chi connectivity index (χ0) is 14.0. The van der Waals surface area contributed by atoms with Crippen LogP contribution in [0.15, 0.2) is 21.2 Å². The molecule has 1 N–H and O–H groups in total. The molecular formula is C11H13BrN4O3. The molecule has 1 unspecified atom stereocenters. The highest BCUT2D eigenvalue weighted by molar-refractivity contribution is 9.10. The van der Waals surface area contributed by atoms with Crippen molar-refractivity contribution < 1.29 is 14.3 Å². The van der Waals surface area contributed by atoms with Crippen molar-refractivity contribution >= 4 is 21.9 Å². The molecule has 0 saturated carbocycles. The van der Waals surface area contributed by atoms with Gasteiger partial charge in [0.1, 0.15) is 0 Å². The zero-order valence-electron chi connectivity index (χ0n) is 10.5. The third kappa shape index (κ3) is 2.67. The van der Waals surface area contributed by atoms with Crippen LogP contribution in [0.3, 0.4) is 0 Å². The van der Waals surface area contributed by atoms with E-state index in [0.717, 1.165) is 0 Å². The molecule has 0 aliphatic heterocycles. The standard InChI is InChI=1S/C11H13BrN4O3/c1-3-11(2,10(17)18)6-16-9(13-14-15-16)7-4-5-8(12)19-7/h4-5H,3,6H2,1-2H3,(H,17,18). The van der Waals surface area contributed by atoms with Gasteiger partial charge in [0.15, 0.2) is 10.4 Å². The van der Waals surface area contributed by atoms with Crippen molar-refractivity contribution in [2.45, 2.75) is 26.8 Å². The summed E-state index contributed by atoms with van der Waals surface area (Å²) in [5.74, 6) is 0.0180. The van der Waals surface area contributed by atoms with Crippen molar-refractivity contribution in [2.75, 3.05) is 0 Å². The van der Waals surface area contributed by atoms with Crippen molar-refractivity contribution in [2.24, 2.45) is 5.41 Å². The number of carbonyl (C=O) groups is 1. The monoisotopic (exact) mass is 328 g/mol. The molecule has 0 aromatic carbocycles. The highest BCUT2D eigenvalue weighted by Crippen LogP contribution is 2.27. The fraction of sp³-hybridized carbons (Fsp3) is 0.455. The van der Waals surface area contributed by atoms with Gasteiger partial charge in [-0.15, -0.1) is 5.10 Å². The van der Waals surface area contributed by atoms with Gasteiger partial charge in [-0.3, -0.25) is 4.79 Å². The van der Waals surface area contributed by atoms with Gasteiger partial charge in [0.25, 0.3) is 0 Å². The summed E-state index contributed by atoms with van der Waals surface area (Å²) in [4.78, 5) is 11.3. The summed E-state index contributed by atoms with van der Waals surface area (Å²) in [7, 11) is 0. The summed E-state index contributed by atoms with van der Waals surface area (Å²) in [6.07, 6.45) is 0.476. The van der Waals surface area contributed by atoms with Crippen molar-refractivity contribution in [3.63, 3.8) is 0 Å². The van der Waals surface area contributed by atoms with Gasteiger partial charge in [-0.1, -0.05) is 6.92 Å². The van der Waals surface area contributed by atoms with Gasteiger partial charge in [0.2, 0.25) is 5.82 Å². The van der Waals surface area contributed by atoms with Crippen molar-refractivity contribution in [3.05, 3.63) is 16.8 Å². The largest absolute Gasteiger partial charge is 0.481 e. The van der Waals surface area contributed by atoms with Gasteiger partial charge >= 0.3 is 5.97 Å². The first-order valence-electron chi connectivity index (χ1n) is 5.71. The molecule has 19 heavy (non-hydrogen) atoms. The predicted molar refractivity (Wildman–Crippen MR) is 69.3 cm³/mol. The summed E-state index contributed by atoms with van der Waals surface area (Å²) in [6, 6.07) is 3.45. The third-order valence-corrected chi connectivity index (χ3v) is 3.55. The Morgan fingerprint density at radius 2 is 2.32 bits per heavy atom. The fourth-order valence-corrected chi connectivity index (χ4v) is 1.89. The van der Waals surface area contributed by atoms with Crippen LogP contribution in [-0.2, 0) is 11.3 Å². The molecule has 0 saturated heterocycles. The average molecular weight is 329 g/mol. The van der Waals surface area contributed by atoms with E-state index in [-0.39, 0.29) is 6.54 Å². The van der Waals surface area contributed by atoms with E-state index in [0.29, 0.717) is 22.7 Å². The Hall–Kier alpha value is -1.70. The Labute approximate surface area is 117 Å². The Balaban J connectivity index is 2.33. The topological polar surface area (TPSA) is 94.0 Å². The number of nitrogens with zero attached hydrogens (tertiary/aromatic N) is 4. The fourth-order valence-electron chi connectivity index (χ4n) is 1.58. The predicted octanol–water partition coefficient (Wildman–Crippen LogP) is 2.20. The van der Waals surface area contributed by atoms with Crippen LogP contribution < -0.4 is 0 Å². The van der Waals surface area contributed by atoms with Gasteiger partial charge < -0.3 is 9.52 Å². The number of tetrazole rings is 1. The Kier molecular flexibility index (Phi) is 3.70. The van der Waals surface area contributed by atoms with E-state index >= 15 is 0 Å². The van der Waals surface area contributed by atoms with Gasteiger partial charge in [0, 0.05) is 0 Å². The molecule has 0 spiro atoms. The third-order valence-electron chi connectivity index (χ3n) is 3.12. The van der Waals surface area contributed by atoms with Crippen LogP contribution in [0.4, 0.5) is 0 Å². The highest BCUT2D eigenvalue weighted by atomic mass is 79.9. The molecule has 1 atom stereocenters. The summed E-state index contributed by atoms with van der Waals surface area (Å²) >= 11 is 3.20. The molecule has 0 aliphatic rings. The molecule has 2 heterocycles. The zero-order valence-corrected chi connectivity index (χ0v) is 12.1. The SMILES string of the molecule is CCC(C)(Cn1nnnc1-c1ccc(Br)o1)C(=O)O. The molecule has 8 heteroatoms. The van der Waals surface area contributed by atoms with Crippen molar-refractivity contribution in [1.82, 2.24) is 20.2 Å². The molecule has 0 radical (unpaired) electrons. The molecule has 2 aromatic heterocycles. The molecule has 0 bridgehead atoms. The maximum Gasteiger partial charge on any atom is 0.311 e. The van der Waals surface area contributed by atoms with E-state index in [1.54, 1.807) is 19.1 Å². The minimum absolute atomic E-state index is 0.180. The number of carboxylic acid groups (broad SMARTS) is 1. The lowest BCUT2D eigenvalue weighted by Crippen LogP contribution is -2.32. The first-order chi connectivity index (χ1) is 8.96. The number of carboxylic acids is 1. The van der Waals surface area contributed by atoms with Crippen LogP contribution >= 0.6 is 15.9 Å². The van der Waals surface area contributed by atoms with Gasteiger partial charge in [-0.25, -0.2) is 4.68 Å². The maximum absolute atomic E-state index is 11.3. The van der Waals surface area contributed by atoms with Gasteiger partial charge in [0.05, 0.1) is 12.0 Å². The first kappa shape index (κ1) is 13.7. The van der Waals surface area contributed by atoms with Crippen LogP contribution in [0, 0.1) is 5.41 Å². The first-order valence-corrected chi connectivity index (χ1v) is 6.51. The second-order valence-electron chi connectivity index (χ2n) is 4.48. The number of aliphatic carboxylic acids is 1. The van der Waals surface area contributed by atoms with Gasteiger partial charge in [-0.05, 0) is 51.8 Å². The number of rotatable bonds is 5. The van der Waals surface area contributed by atoms with E-state index in [4.69, 9.17) is 4.42 Å². The van der Waals surface area contributed by atoms with E-state index in [2.05, 4.69) is 31.5 Å². The second-order valence-corrected chi connectivity index (χ2v) is 5.26. The van der Waals surface area contributed by atoms with E-state index in [1.165, 1.54) is 4.68 Å². The Morgan fingerprint density at radius 1 is 1.58 bits per heavy atom. The molecule has 0 amide bonds. The summed E-state index contributed by atoms with van der Waals surface area (Å²) in [6.45, 7) is 3.67. The molecule has 0 fully saturated rings. The van der Waals surface area contributed by atoms with Crippen LogP contribution in [0.25, 0.3) is 11.6 Å². The summed E-state index contributed by atoms with van der Waals surface area (Å²) in [5, 5.41) is 20.6. The summed E-state index contributed by atoms with van der Waals surface area (Å²) in [5.41, 5.74) is -0.923. The second kappa shape index (κ2) is 5.12. The maximum atomic E-state index is 11.3. The lowest BCUT2D eigenvalue weighted by molar-refractivity contribution is -0.149. The Morgan fingerprint density at radius 3 is 2.84 bits per heavy atom. The number of hydrogen-bond donors (Lipinski definition) is 1. The number of aromatic nitrogens is 4.